The van der Waals surface area contributed by atoms with Crippen LogP contribution >= 0.6 is 0 Å². The van der Waals surface area contributed by atoms with E-state index in [1.807, 2.05) is 24.3 Å². The van der Waals surface area contributed by atoms with Crippen LogP contribution in [0.4, 0.5) is 0 Å². The number of aromatic nitrogens is 1. The SMILES string of the molecule is CCc1ccc(CNCc2cccnc2OC)o1. The first-order valence-corrected chi connectivity index (χ1v) is 6.09. The van der Waals surface area contributed by atoms with E-state index in [-0.39, 0.29) is 0 Å². The number of hydrogen-bond donors (Lipinski definition) is 1. The smallest absolute Gasteiger partial charge is 0.217 e. The maximum Gasteiger partial charge on any atom is 0.217 e. The van der Waals surface area contributed by atoms with Crippen LogP contribution in [-0.2, 0) is 19.5 Å². The molecule has 0 fully saturated rings. The lowest BCUT2D eigenvalue weighted by atomic mass is 10.2. The van der Waals surface area contributed by atoms with E-state index in [1.54, 1.807) is 13.3 Å². The average molecular weight is 246 g/mol. The maximum atomic E-state index is 5.62. The van der Waals surface area contributed by atoms with Crippen molar-refractivity contribution in [2.75, 3.05) is 7.11 Å². The molecule has 4 heteroatoms. The van der Waals surface area contributed by atoms with Crippen LogP contribution in [0.25, 0.3) is 0 Å². The van der Waals surface area contributed by atoms with Crippen LogP contribution in [0.15, 0.2) is 34.9 Å². The van der Waals surface area contributed by atoms with E-state index in [2.05, 4.69) is 17.2 Å². The highest BCUT2D eigenvalue weighted by Crippen LogP contribution is 2.13. The zero-order valence-corrected chi connectivity index (χ0v) is 10.8. The first-order chi connectivity index (χ1) is 8.83. The van der Waals surface area contributed by atoms with Crippen molar-refractivity contribution in [2.45, 2.75) is 26.4 Å². The molecular formula is C14H18N2O2. The van der Waals surface area contributed by atoms with E-state index in [0.29, 0.717) is 19.0 Å². The lowest BCUT2D eigenvalue weighted by molar-refractivity contribution is 0.389. The molecule has 0 amide bonds. The Balaban J connectivity index is 1.88. The van der Waals surface area contributed by atoms with E-state index >= 15 is 0 Å². The molecule has 0 aliphatic rings. The predicted octanol–water partition coefficient (Wildman–Crippen LogP) is 2.54. The predicted molar refractivity (Wildman–Crippen MR) is 69.4 cm³/mol. The van der Waals surface area contributed by atoms with Crippen molar-refractivity contribution in [1.29, 1.82) is 0 Å². The van der Waals surface area contributed by atoms with Gasteiger partial charge in [-0.15, -0.1) is 0 Å². The van der Waals surface area contributed by atoms with Gasteiger partial charge in [-0.05, 0) is 18.2 Å². The van der Waals surface area contributed by atoms with Crippen LogP contribution < -0.4 is 10.1 Å². The number of pyridine rings is 1. The molecular weight excluding hydrogens is 228 g/mol. The molecule has 4 nitrogen and oxygen atoms in total. The summed E-state index contributed by atoms with van der Waals surface area (Å²) in [6, 6.07) is 7.92. The minimum Gasteiger partial charge on any atom is -0.481 e. The van der Waals surface area contributed by atoms with E-state index in [1.165, 1.54) is 0 Å². The minimum absolute atomic E-state index is 0.665. The number of ether oxygens (including phenoxy) is 1. The number of aryl methyl sites for hydroxylation is 1. The summed E-state index contributed by atoms with van der Waals surface area (Å²) in [5.41, 5.74) is 1.04. The van der Waals surface area contributed by atoms with Crippen LogP contribution in [0.5, 0.6) is 5.88 Å². The van der Waals surface area contributed by atoms with Gasteiger partial charge in [0.15, 0.2) is 0 Å². The monoisotopic (exact) mass is 246 g/mol. The Morgan fingerprint density at radius 1 is 1.22 bits per heavy atom. The second-order valence-electron chi connectivity index (χ2n) is 4.00. The van der Waals surface area contributed by atoms with Crippen LogP contribution in [-0.4, -0.2) is 12.1 Å². The van der Waals surface area contributed by atoms with Gasteiger partial charge in [-0.25, -0.2) is 4.98 Å². The second-order valence-corrected chi connectivity index (χ2v) is 4.00. The van der Waals surface area contributed by atoms with Gasteiger partial charge in [0.1, 0.15) is 11.5 Å². The molecule has 0 unspecified atom stereocenters. The first-order valence-electron chi connectivity index (χ1n) is 6.09. The largest absolute Gasteiger partial charge is 0.481 e. The summed E-state index contributed by atoms with van der Waals surface area (Å²) in [4.78, 5) is 4.15. The Kier molecular flexibility index (Phi) is 4.36. The van der Waals surface area contributed by atoms with Gasteiger partial charge in [0.2, 0.25) is 5.88 Å². The number of nitrogens with one attached hydrogen (secondary N) is 1. The van der Waals surface area contributed by atoms with Crippen LogP contribution in [0.3, 0.4) is 0 Å². The molecule has 0 radical (unpaired) electrons. The first kappa shape index (κ1) is 12.6. The molecule has 0 aliphatic carbocycles. The normalized spacial score (nSPS) is 10.6. The molecule has 0 aromatic carbocycles. The number of methoxy groups -OCH3 is 1. The molecule has 0 saturated carbocycles. The molecule has 0 aliphatic heterocycles. The highest BCUT2D eigenvalue weighted by molar-refractivity contribution is 5.25. The van der Waals surface area contributed by atoms with Crippen molar-refractivity contribution in [3.8, 4) is 5.88 Å². The van der Waals surface area contributed by atoms with E-state index in [0.717, 1.165) is 23.5 Å². The summed E-state index contributed by atoms with van der Waals surface area (Å²) < 4.78 is 10.8. The van der Waals surface area contributed by atoms with Gasteiger partial charge in [-0.3, -0.25) is 0 Å². The Morgan fingerprint density at radius 3 is 2.78 bits per heavy atom. The molecule has 2 rings (SSSR count). The summed E-state index contributed by atoms with van der Waals surface area (Å²) >= 11 is 0. The second kappa shape index (κ2) is 6.21. The standard InChI is InChI=1S/C14H18N2O2/c1-3-12-6-7-13(18-12)10-15-9-11-5-4-8-16-14(11)17-2/h4-8,15H,3,9-10H2,1-2H3. The fraction of sp³-hybridized carbons (Fsp3) is 0.357. The highest BCUT2D eigenvalue weighted by atomic mass is 16.5. The topological polar surface area (TPSA) is 47.3 Å². The summed E-state index contributed by atoms with van der Waals surface area (Å²) in [5, 5.41) is 3.32. The van der Waals surface area contributed by atoms with Crippen molar-refractivity contribution >= 4 is 0 Å². The van der Waals surface area contributed by atoms with Crippen molar-refractivity contribution in [3.63, 3.8) is 0 Å². The number of rotatable bonds is 6. The average Bonchev–Trinajstić information content (AvgIpc) is 2.87. The van der Waals surface area contributed by atoms with Gasteiger partial charge in [-0.1, -0.05) is 13.0 Å². The highest BCUT2D eigenvalue weighted by Gasteiger charge is 2.04. The van der Waals surface area contributed by atoms with Gasteiger partial charge >= 0.3 is 0 Å². The van der Waals surface area contributed by atoms with Crippen molar-refractivity contribution < 1.29 is 9.15 Å². The fourth-order valence-electron chi connectivity index (χ4n) is 1.77. The van der Waals surface area contributed by atoms with Gasteiger partial charge in [0.05, 0.1) is 13.7 Å². The van der Waals surface area contributed by atoms with Crippen molar-refractivity contribution in [3.05, 3.63) is 47.5 Å². The Hall–Kier alpha value is -1.81. The van der Waals surface area contributed by atoms with E-state index in [4.69, 9.17) is 9.15 Å². The molecule has 0 atom stereocenters. The Bertz CT molecular complexity index is 494. The summed E-state index contributed by atoms with van der Waals surface area (Å²) in [5.74, 6) is 2.64. The third-order valence-corrected chi connectivity index (χ3v) is 2.72. The molecule has 96 valence electrons. The third kappa shape index (κ3) is 3.11. The van der Waals surface area contributed by atoms with Crippen LogP contribution in [0.2, 0.25) is 0 Å². The zero-order valence-electron chi connectivity index (χ0n) is 10.8. The molecule has 0 saturated heterocycles. The maximum absolute atomic E-state index is 5.62. The zero-order chi connectivity index (χ0) is 12.8. The lowest BCUT2D eigenvalue weighted by Crippen LogP contribution is -2.13. The number of hydrogen-bond acceptors (Lipinski definition) is 4. The molecule has 1 N–H and O–H groups in total. The summed E-state index contributed by atoms with van der Waals surface area (Å²) in [6.45, 7) is 3.49. The molecule has 18 heavy (non-hydrogen) atoms. The summed E-state index contributed by atoms with van der Waals surface area (Å²) in [7, 11) is 1.63. The molecule has 2 aromatic rings. The van der Waals surface area contributed by atoms with Crippen LogP contribution in [0.1, 0.15) is 24.0 Å². The van der Waals surface area contributed by atoms with Crippen LogP contribution in [0, 0.1) is 0 Å². The van der Waals surface area contributed by atoms with Gasteiger partial charge in [-0.2, -0.15) is 0 Å². The number of furan rings is 1. The van der Waals surface area contributed by atoms with Gasteiger partial charge < -0.3 is 14.5 Å². The quantitative estimate of drug-likeness (QED) is 0.851. The van der Waals surface area contributed by atoms with E-state index < -0.39 is 0 Å². The molecule has 2 heterocycles. The number of nitrogens with zero attached hydrogens (tertiary/aromatic N) is 1. The third-order valence-electron chi connectivity index (χ3n) is 2.72. The van der Waals surface area contributed by atoms with Gasteiger partial charge in [0, 0.05) is 24.7 Å². The molecule has 0 bridgehead atoms. The molecule has 2 aromatic heterocycles. The van der Waals surface area contributed by atoms with Crippen molar-refractivity contribution in [2.24, 2.45) is 0 Å². The Labute approximate surface area is 107 Å². The fourth-order valence-corrected chi connectivity index (χ4v) is 1.77. The minimum atomic E-state index is 0.665. The van der Waals surface area contributed by atoms with E-state index in [9.17, 15) is 0 Å². The molecule has 0 spiro atoms. The lowest BCUT2D eigenvalue weighted by Gasteiger charge is -2.07. The van der Waals surface area contributed by atoms with Crippen molar-refractivity contribution in [1.82, 2.24) is 10.3 Å². The Morgan fingerprint density at radius 2 is 2.06 bits per heavy atom. The van der Waals surface area contributed by atoms with Gasteiger partial charge in [0.25, 0.3) is 0 Å². The summed E-state index contributed by atoms with van der Waals surface area (Å²) in [6.07, 6.45) is 2.65.